The Kier molecular flexibility index (Phi) is 7.09. The van der Waals surface area contributed by atoms with Gasteiger partial charge >= 0.3 is 12.1 Å². The molecule has 3 heterocycles. The molecule has 2 unspecified atom stereocenters. The first-order valence-electron chi connectivity index (χ1n) is 13.4. The van der Waals surface area contributed by atoms with E-state index >= 15 is 0 Å². The molecule has 1 aliphatic carbocycles. The number of aromatic nitrogens is 1. The molecule has 1 aromatic heterocycles. The van der Waals surface area contributed by atoms with Gasteiger partial charge in [-0.1, -0.05) is 19.1 Å². The van der Waals surface area contributed by atoms with E-state index in [0.717, 1.165) is 67.7 Å². The van der Waals surface area contributed by atoms with E-state index in [1.54, 1.807) is 6.92 Å². The summed E-state index contributed by atoms with van der Waals surface area (Å²) in [6.45, 7) is 5.04. The Hall–Kier alpha value is -2.81. The summed E-state index contributed by atoms with van der Waals surface area (Å²) >= 11 is 0. The quantitative estimate of drug-likeness (QED) is 0.455. The molecule has 9 heteroatoms. The van der Waals surface area contributed by atoms with Gasteiger partial charge in [-0.3, -0.25) is 9.69 Å². The Balaban J connectivity index is 1.31. The molecule has 5 rings (SSSR count). The van der Waals surface area contributed by atoms with Gasteiger partial charge in [0.05, 0.1) is 18.6 Å². The van der Waals surface area contributed by atoms with Crippen LogP contribution in [0.15, 0.2) is 30.5 Å². The largest absolute Gasteiger partial charge is 0.487 e. The van der Waals surface area contributed by atoms with Gasteiger partial charge in [0, 0.05) is 30.9 Å². The zero-order valence-corrected chi connectivity index (χ0v) is 22.1. The highest BCUT2D eigenvalue weighted by Crippen LogP contribution is 2.49. The highest BCUT2D eigenvalue weighted by molar-refractivity contribution is 5.71. The summed E-state index contributed by atoms with van der Waals surface area (Å²) in [5.74, 6) is 0.224. The van der Waals surface area contributed by atoms with Gasteiger partial charge in [0.25, 0.3) is 0 Å². The van der Waals surface area contributed by atoms with Gasteiger partial charge < -0.3 is 14.6 Å². The normalized spacial score (nSPS) is 21.7. The first kappa shape index (κ1) is 26.8. The minimum Gasteiger partial charge on any atom is -0.487 e. The summed E-state index contributed by atoms with van der Waals surface area (Å²) in [5, 5.41) is 9.66. The minimum absolute atomic E-state index is 0.0157. The molecular formula is C29H35F3N2O4. The monoisotopic (exact) mass is 532 g/mol. The third kappa shape index (κ3) is 5.22. The average molecular weight is 533 g/mol. The molecule has 2 fully saturated rings. The Morgan fingerprint density at radius 2 is 1.89 bits per heavy atom. The number of nitrogens with zero attached hydrogens (tertiary/aromatic N) is 2. The highest BCUT2D eigenvalue weighted by Gasteiger charge is 2.43. The van der Waals surface area contributed by atoms with E-state index in [4.69, 9.17) is 9.47 Å². The maximum atomic E-state index is 13.3. The number of alkyl halides is 3. The van der Waals surface area contributed by atoms with Crippen LogP contribution in [0, 0.1) is 11.8 Å². The summed E-state index contributed by atoms with van der Waals surface area (Å²) in [5.41, 5.74) is 1.50. The number of carboxylic acids is 1. The predicted octanol–water partition coefficient (Wildman–Crippen LogP) is 6.24. The summed E-state index contributed by atoms with van der Waals surface area (Å²) in [6.07, 6.45) is 1.75. The molecule has 38 heavy (non-hydrogen) atoms. The summed E-state index contributed by atoms with van der Waals surface area (Å²) in [4.78, 5) is 17.9. The van der Waals surface area contributed by atoms with E-state index in [9.17, 15) is 23.1 Å². The van der Waals surface area contributed by atoms with Crippen molar-refractivity contribution in [3.63, 3.8) is 0 Å². The predicted molar refractivity (Wildman–Crippen MR) is 135 cm³/mol. The van der Waals surface area contributed by atoms with Crippen molar-refractivity contribution in [1.82, 2.24) is 9.88 Å². The van der Waals surface area contributed by atoms with Crippen LogP contribution < -0.4 is 9.47 Å². The van der Waals surface area contributed by atoms with Gasteiger partial charge in [0.1, 0.15) is 11.4 Å². The zero-order valence-electron chi connectivity index (χ0n) is 22.1. The molecule has 206 valence electrons. The minimum atomic E-state index is -4.47. The van der Waals surface area contributed by atoms with Crippen molar-refractivity contribution in [2.45, 2.75) is 76.1 Å². The van der Waals surface area contributed by atoms with Crippen LogP contribution in [0.2, 0.25) is 0 Å². The molecule has 3 atom stereocenters. The van der Waals surface area contributed by atoms with E-state index in [0.29, 0.717) is 24.6 Å². The van der Waals surface area contributed by atoms with Crippen LogP contribution >= 0.6 is 0 Å². The molecular weight excluding hydrogens is 497 g/mol. The number of carboxylic acid groups (broad SMARTS) is 1. The van der Waals surface area contributed by atoms with E-state index < -0.39 is 23.6 Å². The number of hydrogen-bond donors (Lipinski definition) is 1. The van der Waals surface area contributed by atoms with Crippen molar-refractivity contribution in [2.24, 2.45) is 11.8 Å². The molecule has 3 aliphatic rings. The van der Waals surface area contributed by atoms with Crippen LogP contribution in [0.4, 0.5) is 13.2 Å². The number of piperidine rings is 1. The van der Waals surface area contributed by atoms with Crippen LogP contribution in [0.5, 0.6) is 11.6 Å². The number of halogens is 3. The lowest BCUT2D eigenvalue weighted by atomic mass is 9.80. The number of aryl methyl sites for hydroxylation is 1. The summed E-state index contributed by atoms with van der Waals surface area (Å²) in [6, 6.07) is 7.07. The Labute approximate surface area is 221 Å². The molecule has 1 spiro atoms. The van der Waals surface area contributed by atoms with Crippen LogP contribution in [0.25, 0.3) is 0 Å². The van der Waals surface area contributed by atoms with Crippen LogP contribution in [-0.2, 0) is 17.4 Å². The van der Waals surface area contributed by atoms with Crippen molar-refractivity contribution in [3.05, 3.63) is 52.7 Å². The fraction of sp³-hybridized carbons (Fsp3) is 0.586. The number of ether oxygens (including phenoxy) is 2. The van der Waals surface area contributed by atoms with Gasteiger partial charge in [-0.2, -0.15) is 13.2 Å². The number of aliphatic carboxylic acids is 1. The zero-order chi connectivity index (χ0) is 27.2. The van der Waals surface area contributed by atoms with Gasteiger partial charge in [0.2, 0.25) is 5.88 Å². The number of hydrogen-bond acceptors (Lipinski definition) is 5. The van der Waals surface area contributed by atoms with E-state index in [1.807, 2.05) is 6.92 Å². The lowest BCUT2D eigenvalue weighted by Gasteiger charge is -2.46. The van der Waals surface area contributed by atoms with Crippen molar-refractivity contribution >= 4 is 5.97 Å². The number of fused-ring (bicyclic) bond motifs is 1. The smallest absolute Gasteiger partial charge is 0.417 e. The molecule has 0 bridgehead atoms. The van der Waals surface area contributed by atoms with Crippen molar-refractivity contribution < 1.29 is 32.5 Å². The number of carbonyl (C=O) groups is 1. The SMILES string of the molecule is COc1ncc(C(F)(F)F)cc1C(C)N1CCC2(CCc3ccc(C(C4CC4)[C@H](C)C(=O)O)cc3O2)CC1. The van der Waals surface area contributed by atoms with Gasteiger partial charge in [-0.25, -0.2) is 4.98 Å². The fourth-order valence-electron chi connectivity index (χ4n) is 6.27. The van der Waals surface area contributed by atoms with Crippen molar-refractivity contribution in [3.8, 4) is 11.6 Å². The van der Waals surface area contributed by atoms with E-state index in [2.05, 4.69) is 28.1 Å². The first-order valence-corrected chi connectivity index (χ1v) is 13.4. The highest BCUT2D eigenvalue weighted by atomic mass is 19.4. The van der Waals surface area contributed by atoms with Crippen LogP contribution in [0.3, 0.4) is 0 Å². The molecule has 1 saturated heterocycles. The molecule has 2 aliphatic heterocycles. The number of benzene rings is 1. The number of pyridine rings is 1. The molecule has 6 nitrogen and oxygen atoms in total. The number of likely N-dealkylation sites (tertiary alicyclic amines) is 1. The van der Waals surface area contributed by atoms with E-state index in [1.165, 1.54) is 7.11 Å². The second-order valence-corrected chi connectivity index (χ2v) is 11.2. The second-order valence-electron chi connectivity index (χ2n) is 11.2. The fourth-order valence-corrected chi connectivity index (χ4v) is 6.27. The van der Waals surface area contributed by atoms with E-state index in [-0.39, 0.29) is 23.4 Å². The maximum absolute atomic E-state index is 13.3. The van der Waals surface area contributed by atoms with Crippen molar-refractivity contribution in [1.29, 1.82) is 0 Å². The molecule has 0 amide bonds. The van der Waals surface area contributed by atoms with Crippen LogP contribution in [0.1, 0.15) is 80.2 Å². The van der Waals surface area contributed by atoms with Gasteiger partial charge in [-0.15, -0.1) is 0 Å². The lowest BCUT2D eigenvalue weighted by molar-refractivity contribution is -0.142. The average Bonchev–Trinajstić information content (AvgIpc) is 3.73. The maximum Gasteiger partial charge on any atom is 0.417 e. The number of methoxy groups -OCH3 is 1. The van der Waals surface area contributed by atoms with Crippen LogP contribution in [-0.4, -0.2) is 46.8 Å². The van der Waals surface area contributed by atoms with Gasteiger partial charge in [-0.05, 0) is 80.5 Å². The first-order chi connectivity index (χ1) is 18.0. The Morgan fingerprint density at radius 3 is 2.50 bits per heavy atom. The second kappa shape index (κ2) is 10.1. The summed E-state index contributed by atoms with van der Waals surface area (Å²) < 4.78 is 52.0. The Bertz CT molecular complexity index is 1190. The lowest BCUT2D eigenvalue weighted by Crippen LogP contribution is -2.50. The molecule has 0 radical (unpaired) electrons. The molecule has 2 aromatic rings. The standard InChI is InChI=1S/C29H35F3N2O4/c1-17(27(35)36)25(20-5-6-20)21-7-4-19-8-9-28(38-24(19)14-21)10-12-34(13-11-28)18(2)23-15-22(29(30,31)32)16-33-26(23)37-3/h4,7,14-18,20,25H,5-6,8-13H2,1-3H3,(H,35,36)/t17-,18?,25?/m0/s1. The number of rotatable bonds is 7. The van der Waals surface area contributed by atoms with Crippen molar-refractivity contribution in [2.75, 3.05) is 20.2 Å². The summed E-state index contributed by atoms with van der Waals surface area (Å²) in [7, 11) is 1.42. The molecule has 1 aromatic carbocycles. The third-order valence-electron chi connectivity index (χ3n) is 8.82. The van der Waals surface area contributed by atoms with Gasteiger partial charge in [0.15, 0.2) is 0 Å². The third-order valence-corrected chi connectivity index (χ3v) is 8.82. The topological polar surface area (TPSA) is 71.9 Å². The molecule has 1 N–H and O–H groups in total. The molecule has 1 saturated carbocycles. The Morgan fingerprint density at radius 1 is 1.18 bits per heavy atom.